The van der Waals surface area contributed by atoms with Crippen molar-refractivity contribution in [2.45, 2.75) is 27.2 Å². The van der Waals surface area contributed by atoms with Crippen molar-refractivity contribution in [3.05, 3.63) is 28.3 Å². The predicted octanol–water partition coefficient (Wildman–Crippen LogP) is 3.56. The molecule has 0 amide bonds. The summed E-state index contributed by atoms with van der Waals surface area (Å²) < 4.78 is 5.36. The fourth-order valence-electron chi connectivity index (χ4n) is 1.99. The molecule has 1 aromatic rings. The highest BCUT2D eigenvalue weighted by Crippen LogP contribution is 2.29. The molecule has 0 N–H and O–H groups in total. The maximum Gasteiger partial charge on any atom is 0.163 e. The van der Waals surface area contributed by atoms with Crippen LogP contribution in [0.2, 0.25) is 0 Å². The molecule has 0 spiro atoms. The standard InChI is InChI=1S/C14H20O2S/c1-9-8-12(13(15)6-7-17-5)10(2)11(3)14(9)16-4/h8H,6-7H2,1-5H3. The van der Waals surface area contributed by atoms with E-state index in [2.05, 4.69) is 0 Å². The Bertz CT molecular complexity index is 425. The van der Waals surface area contributed by atoms with E-state index >= 15 is 0 Å². The summed E-state index contributed by atoms with van der Waals surface area (Å²) in [6.45, 7) is 5.98. The Labute approximate surface area is 108 Å². The summed E-state index contributed by atoms with van der Waals surface area (Å²) in [6.07, 6.45) is 2.62. The first-order valence-corrected chi connectivity index (χ1v) is 7.09. The van der Waals surface area contributed by atoms with Crippen LogP contribution in [0.15, 0.2) is 6.07 Å². The first kappa shape index (κ1) is 14.1. The molecule has 94 valence electrons. The van der Waals surface area contributed by atoms with Crippen LogP contribution in [-0.4, -0.2) is 24.9 Å². The van der Waals surface area contributed by atoms with Gasteiger partial charge in [-0.3, -0.25) is 4.79 Å². The highest BCUT2D eigenvalue weighted by molar-refractivity contribution is 7.98. The third kappa shape index (κ3) is 3.03. The van der Waals surface area contributed by atoms with E-state index in [9.17, 15) is 4.79 Å². The second-order valence-corrected chi connectivity index (χ2v) is 5.18. The Hall–Kier alpha value is -0.960. The lowest BCUT2D eigenvalue weighted by atomic mass is 9.95. The van der Waals surface area contributed by atoms with Gasteiger partial charge in [0.15, 0.2) is 5.78 Å². The second-order valence-electron chi connectivity index (χ2n) is 4.19. The van der Waals surface area contributed by atoms with E-state index in [-0.39, 0.29) is 5.78 Å². The average molecular weight is 252 g/mol. The van der Waals surface area contributed by atoms with Crippen LogP contribution < -0.4 is 4.74 Å². The minimum atomic E-state index is 0.228. The summed E-state index contributed by atoms with van der Waals surface area (Å²) in [5.74, 6) is 2.00. The van der Waals surface area contributed by atoms with Gasteiger partial charge < -0.3 is 4.74 Å². The molecule has 0 heterocycles. The zero-order chi connectivity index (χ0) is 13.0. The number of aryl methyl sites for hydroxylation is 1. The Morgan fingerprint density at radius 3 is 2.47 bits per heavy atom. The number of Topliss-reactive ketones (excluding diaryl/α,β-unsaturated/α-hetero) is 1. The van der Waals surface area contributed by atoms with E-state index in [0.717, 1.165) is 33.8 Å². The van der Waals surface area contributed by atoms with E-state index in [0.29, 0.717) is 6.42 Å². The van der Waals surface area contributed by atoms with Gasteiger partial charge in [0.1, 0.15) is 5.75 Å². The van der Waals surface area contributed by atoms with Crippen molar-refractivity contribution in [1.82, 2.24) is 0 Å². The first-order chi connectivity index (χ1) is 8.02. The molecule has 0 bridgehead atoms. The molecule has 0 saturated heterocycles. The maximum atomic E-state index is 12.1. The quantitative estimate of drug-likeness (QED) is 0.750. The van der Waals surface area contributed by atoms with Gasteiger partial charge in [0.05, 0.1) is 7.11 Å². The molecule has 1 rings (SSSR count). The summed E-state index contributed by atoms with van der Waals surface area (Å²) in [6, 6.07) is 1.95. The van der Waals surface area contributed by atoms with Gasteiger partial charge in [-0.1, -0.05) is 0 Å². The van der Waals surface area contributed by atoms with E-state index in [1.54, 1.807) is 18.9 Å². The third-order valence-corrected chi connectivity index (χ3v) is 3.68. The second kappa shape index (κ2) is 6.10. The number of benzene rings is 1. The molecule has 0 aliphatic rings. The summed E-state index contributed by atoms with van der Waals surface area (Å²) in [5, 5.41) is 0. The molecule has 0 aromatic heterocycles. The Kier molecular flexibility index (Phi) is 5.06. The monoisotopic (exact) mass is 252 g/mol. The largest absolute Gasteiger partial charge is 0.496 e. The maximum absolute atomic E-state index is 12.1. The number of ketones is 1. The van der Waals surface area contributed by atoms with Crippen molar-refractivity contribution in [1.29, 1.82) is 0 Å². The van der Waals surface area contributed by atoms with Crippen LogP contribution >= 0.6 is 11.8 Å². The Morgan fingerprint density at radius 1 is 1.29 bits per heavy atom. The van der Waals surface area contributed by atoms with Crippen molar-refractivity contribution in [3.8, 4) is 5.75 Å². The number of thioether (sulfide) groups is 1. The van der Waals surface area contributed by atoms with Gasteiger partial charge in [0.2, 0.25) is 0 Å². The SMILES string of the molecule is COc1c(C)cc(C(=O)CCSC)c(C)c1C. The summed E-state index contributed by atoms with van der Waals surface area (Å²) in [4.78, 5) is 12.1. The van der Waals surface area contributed by atoms with Gasteiger partial charge >= 0.3 is 0 Å². The van der Waals surface area contributed by atoms with E-state index in [4.69, 9.17) is 4.74 Å². The summed E-state index contributed by atoms with van der Waals surface area (Å²) in [7, 11) is 1.67. The molecule has 3 heteroatoms. The van der Waals surface area contributed by atoms with E-state index in [1.165, 1.54) is 0 Å². The molecular formula is C14H20O2S. The zero-order valence-electron chi connectivity index (χ0n) is 11.2. The molecule has 0 fully saturated rings. The number of carbonyl (C=O) groups is 1. The highest BCUT2D eigenvalue weighted by atomic mass is 32.2. The van der Waals surface area contributed by atoms with Crippen LogP contribution in [0, 0.1) is 20.8 Å². The summed E-state index contributed by atoms with van der Waals surface area (Å²) in [5.41, 5.74) is 3.98. The molecule has 0 unspecified atom stereocenters. The van der Waals surface area contributed by atoms with Gasteiger partial charge in [-0.05, 0) is 49.8 Å². The predicted molar refractivity (Wildman–Crippen MR) is 74.5 cm³/mol. The van der Waals surface area contributed by atoms with Crippen molar-refractivity contribution < 1.29 is 9.53 Å². The van der Waals surface area contributed by atoms with Crippen LogP contribution in [0.4, 0.5) is 0 Å². The van der Waals surface area contributed by atoms with Gasteiger partial charge in [0.25, 0.3) is 0 Å². The van der Waals surface area contributed by atoms with Crippen molar-refractivity contribution in [3.63, 3.8) is 0 Å². The summed E-state index contributed by atoms with van der Waals surface area (Å²) >= 11 is 1.70. The molecule has 1 aromatic carbocycles. The minimum Gasteiger partial charge on any atom is -0.496 e. The Balaban J connectivity index is 3.14. The van der Waals surface area contributed by atoms with E-state index in [1.807, 2.05) is 33.1 Å². The molecule has 0 atom stereocenters. The van der Waals surface area contributed by atoms with Crippen molar-refractivity contribution in [2.75, 3.05) is 19.1 Å². The molecule has 0 radical (unpaired) electrons. The smallest absolute Gasteiger partial charge is 0.163 e. The molecule has 0 aliphatic heterocycles. The lowest BCUT2D eigenvalue weighted by molar-refractivity contribution is 0.0988. The van der Waals surface area contributed by atoms with Gasteiger partial charge in [-0.25, -0.2) is 0 Å². The number of rotatable bonds is 5. The van der Waals surface area contributed by atoms with Crippen LogP contribution in [0.25, 0.3) is 0 Å². The number of methoxy groups -OCH3 is 1. The first-order valence-electron chi connectivity index (χ1n) is 5.69. The van der Waals surface area contributed by atoms with Crippen molar-refractivity contribution >= 4 is 17.5 Å². The lowest BCUT2D eigenvalue weighted by Crippen LogP contribution is -2.06. The normalized spacial score (nSPS) is 10.4. The zero-order valence-corrected chi connectivity index (χ0v) is 12.0. The average Bonchev–Trinajstić information content (AvgIpc) is 2.31. The van der Waals surface area contributed by atoms with Gasteiger partial charge in [0, 0.05) is 17.7 Å². The fraction of sp³-hybridized carbons (Fsp3) is 0.500. The van der Waals surface area contributed by atoms with Crippen molar-refractivity contribution in [2.24, 2.45) is 0 Å². The van der Waals surface area contributed by atoms with Crippen LogP contribution in [0.1, 0.15) is 33.5 Å². The number of ether oxygens (including phenoxy) is 1. The topological polar surface area (TPSA) is 26.3 Å². The molecule has 0 saturated carbocycles. The molecule has 0 aliphatic carbocycles. The Morgan fingerprint density at radius 2 is 1.94 bits per heavy atom. The van der Waals surface area contributed by atoms with Gasteiger partial charge in [-0.2, -0.15) is 11.8 Å². The molecule has 17 heavy (non-hydrogen) atoms. The third-order valence-electron chi connectivity index (χ3n) is 3.06. The fourth-order valence-corrected chi connectivity index (χ4v) is 2.38. The minimum absolute atomic E-state index is 0.228. The van der Waals surface area contributed by atoms with Gasteiger partial charge in [-0.15, -0.1) is 0 Å². The highest BCUT2D eigenvalue weighted by Gasteiger charge is 2.15. The number of hydrogen-bond acceptors (Lipinski definition) is 3. The molecule has 2 nitrogen and oxygen atoms in total. The number of hydrogen-bond donors (Lipinski definition) is 0. The van der Waals surface area contributed by atoms with Crippen LogP contribution in [0.5, 0.6) is 5.75 Å². The van der Waals surface area contributed by atoms with Crippen LogP contribution in [-0.2, 0) is 0 Å². The van der Waals surface area contributed by atoms with E-state index < -0.39 is 0 Å². The lowest BCUT2D eigenvalue weighted by Gasteiger charge is -2.14. The number of carbonyl (C=O) groups excluding carboxylic acids is 1. The molecular weight excluding hydrogens is 232 g/mol. The van der Waals surface area contributed by atoms with Crippen LogP contribution in [0.3, 0.4) is 0 Å².